The summed E-state index contributed by atoms with van der Waals surface area (Å²) in [5.74, 6) is 0. The lowest BCUT2D eigenvalue weighted by Crippen LogP contribution is -2.30. The van der Waals surface area contributed by atoms with Crippen LogP contribution in [0.15, 0.2) is 60.8 Å². The van der Waals surface area contributed by atoms with Gasteiger partial charge < -0.3 is 19.9 Å². The second-order valence-corrected chi connectivity index (χ2v) is 5.86. The van der Waals surface area contributed by atoms with Crippen molar-refractivity contribution in [3.8, 4) is 0 Å². The average Bonchev–Trinajstić information content (AvgIpc) is 3.05. The Morgan fingerprint density at radius 2 is 1.92 bits per heavy atom. The molecule has 0 atom stereocenters. The molecular weight excluding hydrogens is 314 g/mol. The van der Waals surface area contributed by atoms with Gasteiger partial charge in [0.2, 0.25) is 0 Å². The summed E-state index contributed by atoms with van der Waals surface area (Å²) in [6, 6.07) is 17.9. The second-order valence-electron chi connectivity index (χ2n) is 5.86. The predicted octanol–water partition coefficient (Wildman–Crippen LogP) is 3.65. The summed E-state index contributed by atoms with van der Waals surface area (Å²) in [5, 5.41) is 6.88. The van der Waals surface area contributed by atoms with E-state index in [-0.39, 0.29) is 6.03 Å². The molecule has 0 fully saturated rings. The number of amides is 2. The van der Waals surface area contributed by atoms with Gasteiger partial charge in [0.05, 0.1) is 17.8 Å². The Morgan fingerprint density at radius 1 is 1.08 bits per heavy atom. The molecular formula is C20H23N3O2. The molecule has 0 bridgehead atoms. The lowest BCUT2D eigenvalue weighted by atomic mass is 10.1. The van der Waals surface area contributed by atoms with Crippen molar-refractivity contribution in [3.63, 3.8) is 0 Å². The molecule has 3 rings (SSSR count). The van der Waals surface area contributed by atoms with Crippen molar-refractivity contribution in [3.05, 3.63) is 66.4 Å². The number of hydrogen-bond acceptors (Lipinski definition) is 2. The Hall–Kier alpha value is -2.79. The minimum absolute atomic E-state index is 0.187. The summed E-state index contributed by atoms with van der Waals surface area (Å²) in [5.41, 5.74) is 3.10. The van der Waals surface area contributed by atoms with Gasteiger partial charge in [0.25, 0.3) is 0 Å². The first-order valence-corrected chi connectivity index (χ1v) is 8.43. The van der Waals surface area contributed by atoms with Gasteiger partial charge in [-0.15, -0.1) is 0 Å². The van der Waals surface area contributed by atoms with E-state index in [9.17, 15) is 4.79 Å². The molecule has 0 aliphatic rings. The molecule has 130 valence electrons. The third kappa shape index (κ3) is 4.39. The van der Waals surface area contributed by atoms with Gasteiger partial charge >= 0.3 is 6.03 Å². The maximum Gasteiger partial charge on any atom is 0.319 e. The molecule has 3 aromatic rings. The maximum absolute atomic E-state index is 12.2. The van der Waals surface area contributed by atoms with Crippen LogP contribution in [0.4, 0.5) is 10.5 Å². The Balaban J connectivity index is 1.60. The molecule has 0 aliphatic carbocycles. The molecule has 0 radical (unpaired) electrons. The highest BCUT2D eigenvalue weighted by atomic mass is 16.5. The van der Waals surface area contributed by atoms with E-state index < -0.39 is 0 Å². The topological polar surface area (TPSA) is 55.3 Å². The minimum Gasteiger partial charge on any atom is -0.383 e. The van der Waals surface area contributed by atoms with Gasteiger partial charge in [0, 0.05) is 31.8 Å². The van der Waals surface area contributed by atoms with Crippen molar-refractivity contribution in [2.24, 2.45) is 0 Å². The van der Waals surface area contributed by atoms with E-state index in [0.717, 1.165) is 29.6 Å². The van der Waals surface area contributed by atoms with Crippen molar-refractivity contribution in [2.45, 2.75) is 13.0 Å². The highest BCUT2D eigenvalue weighted by Gasteiger charge is 2.08. The van der Waals surface area contributed by atoms with Gasteiger partial charge in [-0.25, -0.2) is 4.79 Å². The van der Waals surface area contributed by atoms with Crippen LogP contribution < -0.4 is 10.6 Å². The first-order chi connectivity index (χ1) is 12.3. The fraction of sp³-hybridized carbons (Fsp3) is 0.250. The largest absolute Gasteiger partial charge is 0.383 e. The van der Waals surface area contributed by atoms with Crippen LogP contribution >= 0.6 is 0 Å². The van der Waals surface area contributed by atoms with Crippen molar-refractivity contribution in [2.75, 3.05) is 25.6 Å². The number of benzene rings is 2. The number of nitrogens with one attached hydrogen (secondary N) is 2. The molecule has 0 aliphatic heterocycles. The number of anilines is 1. The van der Waals surface area contributed by atoms with Gasteiger partial charge in [-0.2, -0.15) is 0 Å². The Labute approximate surface area is 147 Å². The van der Waals surface area contributed by atoms with E-state index in [1.165, 1.54) is 5.56 Å². The fourth-order valence-electron chi connectivity index (χ4n) is 2.85. The van der Waals surface area contributed by atoms with E-state index in [4.69, 9.17) is 4.74 Å². The summed E-state index contributed by atoms with van der Waals surface area (Å²) < 4.78 is 7.26. The number of carbonyl (C=O) groups is 1. The molecule has 1 aromatic heterocycles. The molecule has 0 saturated carbocycles. The van der Waals surface area contributed by atoms with Crippen LogP contribution in [0.25, 0.3) is 10.9 Å². The van der Waals surface area contributed by atoms with Gasteiger partial charge in [-0.1, -0.05) is 36.4 Å². The van der Waals surface area contributed by atoms with E-state index in [2.05, 4.69) is 27.3 Å². The zero-order valence-electron chi connectivity index (χ0n) is 14.4. The summed E-state index contributed by atoms with van der Waals surface area (Å²) in [6.07, 6.45) is 2.83. The molecule has 2 amide bonds. The van der Waals surface area contributed by atoms with Crippen molar-refractivity contribution >= 4 is 22.6 Å². The standard InChI is InChI=1S/C20H23N3O2/c1-25-15-14-23-13-11-17-18(8-5-9-19(17)23)22-20(24)21-12-10-16-6-3-2-4-7-16/h2-9,11,13H,10,12,14-15H2,1H3,(H2,21,22,24). The number of rotatable bonds is 7. The summed E-state index contributed by atoms with van der Waals surface area (Å²) >= 11 is 0. The number of urea groups is 1. The number of nitrogens with zero attached hydrogens (tertiary/aromatic N) is 1. The van der Waals surface area contributed by atoms with Gasteiger partial charge in [-0.3, -0.25) is 0 Å². The zero-order chi connectivity index (χ0) is 17.5. The number of hydrogen-bond donors (Lipinski definition) is 2. The molecule has 0 spiro atoms. The molecule has 0 unspecified atom stereocenters. The lowest BCUT2D eigenvalue weighted by Gasteiger charge is -2.10. The highest BCUT2D eigenvalue weighted by molar-refractivity contribution is 6.00. The van der Waals surface area contributed by atoms with Gasteiger partial charge in [-0.05, 0) is 30.2 Å². The molecule has 5 heteroatoms. The summed E-state index contributed by atoms with van der Waals surface area (Å²) in [7, 11) is 1.69. The van der Waals surface area contributed by atoms with Crippen molar-refractivity contribution in [1.82, 2.24) is 9.88 Å². The fourth-order valence-corrected chi connectivity index (χ4v) is 2.85. The quantitative estimate of drug-likeness (QED) is 0.691. The van der Waals surface area contributed by atoms with Crippen LogP contribution in [0.2, 0.25) is 0 Å². The highest BCUT2D eigenvalue weighted by Crippen LogP contribution is 2.24. The molecule has 5 nitrogen and oxygen atoms in total. The molecule has 2 N–H and O–H groups in total. The second kappa shape index (κ2) is 8.35. The van der Waals surface area contributed by atoms with E-state index in [0.29, 0.717) is 13.2 Å². The number of methoxy groups -OCH3 is 1. The number of aromatic nitrogens is 1. The predicted molar refractivity (Wildman–Crippen MR) is 101 cm³/mol. The number of ether oxygens (including phenoxy) is 1. The molecule has 0 saturated heterocycles. The summed E-state index contributed by atoms with van der Waals surface area (Å²) in [4.78, 5) is 12.2. The first kappa shape index (κ1) is 17.0. The van der Waals surface area contributed by atoms with Crippen LogP contribution in [0.3, 0.4) is 0 Å². The van der Waals surface area contributed by atoms with Gasteiger partial charge in [0.1, 0.15) is 0 Å². The van der Waals surface area contributed by atoms with E-state index in [1.807, 2.05) is 48.7 Å². The Kier molecular flexibility index (Phi) is 5.69. The SMILES string of the molecule is COCCn1ccc2c(NC(=O)NCCc3ccccc3)cccc21. The van der Waals surface area contributed by atoms with Crippen LogP contribution in [-0.4, -0.2) is 30.9 Å². The third-order valence-electron chi connectivity index (χ3n) is 4.14. The van der Waals surface area contributed by atoms with Crippen LogP contribution in [0.5, 0.6) is 0 Å². The summed E-state index contributed by atoms with van der Waals surface area (Å²) in [6.45, 7) is 2.04. The molecule has 1 heterocycles. The van der Waals surface area contributed by atoms with Crippen LogP contribution in [-0.2, 0) is 17.7 Å². The normalized spacial score (nSPS) is 10.8. The smallest absolute Gasteiger partial charge is 0.319 e. The first-order valence-electron chi connectivity index (χ1n) is 8.43. The minimum atomic E-state index is -0.187. The number of fused-ring (bicyclic) bond motifs is 1. The lowest BCUT2D eigenvalue weighted by molar-refractivity contribution is 0.188. The monoisotopic (exact) mass is 337 g/mol. The maximum atomic E-state index is 12.2. The molecule has 2 aromatic carbocycles. The third-order valence-corrected chi connectivity index (χ3v) is 4.14. The Bertz CT molecular complexity index is 827. The van der Waals surface area contributed by atoms with Crippen molar-refractivity contribution < 1.29 is 9.53 Å². The average molecular weight is 337 g/mol. The van der Waals surface area contributed by atoms with E-state index >= 15 is 0 Å². The van der Waals surface area contributed by atoms with Gasteiger partial charge in [0.15, 0.2) is 0 Å². The zero-order valence-corrected chi connectivity index (χ0v) is 14.4. The Morgan fingerprint density at radius 3 is 2.72 bits per heavy atom. The number of carbonyl (C=O) groups excluding carboxylic acids is 1. The van der Waals surface area contributed by atoms with Crippen LogP contribution in [0.1, 0.15) is 5.56 Å². The van der Waals surface area contributed by atoms with Crippen molar-refractivity contribution in [1.29, 1.82) is 0 Å². The molecule has 25 heavy (non-hydrogen) atoms. The van der Waals surface area contributed by atoms with Crippen LogP contribution in [0, 0.1) is 0 Å². The van der Waals surface area contributed by atoms with E-state index in [1.54, 1.807) is 7.11 Å².